The number of carboxylic acids is 1. The number of carbonyl (C=O) groups excluding carboxylic acids is 1. The van der Waals surface area contributed by atoms with E-state index in [1.165, 1.54) is 15.7 Å². The van der Waals surface area contributed by atoms with Crippen LogP contribution in [-0.2, 0) is 11.2 Å². The first-order valence-corrected chi connectivity index (χ1v) is 12.6. The summed E-state index contributed by atoms with van der Waals surface area (Å²) in [4.78, 5) is 23.3. The zero-order valence-corrected chi connectivity index (χ0v) is 17.5. The van der Waals surface area contributed by atoms with Crippen LogP contribution in [0.3, 0.4) is 0 Å². The van der Waals surface area contributed by atoms with Crippen molar-refractivity contribution in [2.24, 2.45) is 5.73 Å². The van der Waals surface area contributed by atoms with Gasteiger partial charge in [-0.2, -0.15) is 0 Å². The van der Waals surface area contributed by atoms with E-state index in [0.717, 1.165) is 23.7 Å². The third-order valence-corrected chi connectivity index (χ3v) is 8.13. The third kappa shape index (κ3) is 7.77. The van der Waals surface area contributed by atoms with Gasteiger partial charge in [0.1, 0.15) is 0 Å². The van der Waals surface area contributed by atoms with Gasteiger partial charge in [-0.05, 0) is 0 Å². The zero-order valence-electron chi connectivity index (χ0n) is 15.0. The van der Waals surface area contributed by atoms with Gasteiger partial charge in [-0.15, -0.1) is 0 Å². The van der Waals surface area contributed by atoms with Crippen molar-refractivity contribution >= 4 is 40.4 Å². The Labute approximate surface area is 169 Å². The number of carbonyl (C=O) groups is 2. The molecule has 0 heterocycles. The van der Waals surface area contributed by atoms with Gasteiger partial charge in [0.2, 0.25) is 0 Å². The summed E-state index contributed by atoms with van der Waals surface area (Å²) in [7, 11) is 1.48. The van der Waals surface area contributed by atoms with Crippen molar-refractivity contribution in [1.29, 1.82) is 0 Å². The van der Waals surface area contributed by atoms with Gasteiger partial charge in [0, 0.05) is 0 Å². The topological polar surface area (TPSA) is 92.4 Å². The minimum absolute atomic E-state index is 0.0612. The number of nitrogens with one attached hydrogen (secondary N) is 1. The van der Waals surface area contributed by atoms with Crippen LogP contribution in [0.5, 0.6) is 0 Å². The molecule has 0 saturated carbocycles. The van der Waals surface area contributed by atoms with Crippen molar-refractivity contribution in [2.75, 3.05) is 12.3 Å². The van der Waals surface area contributed by atoms with Crippen LogP contribution >= 0.6 is 10.2 Å². The van der Waals surface area contributed by atoms with Crippen LogP contribution < -0.4 is 15.5 Å². The first-order chi connectivity index (χ1) is 13.1. The van der Waals surface area contributed by atoms with Crippen molar-refractivity contribution in [1.82, 2.24) is 5.32 Å². The predicted molar refractivity (Wildman–Crippen MR) is 112 cm³/mol. The quantitative estimate of drug-likeness (QED) is 0.358. The number of hydrogen-bond donors (Lipinski definition) is 3. The van der Waals surface area contributed by atoms with Gasteiger partial charge in [-0.25, -0.2) is 0 Å². The van der Waals surface area contributed by atoms with Gasteiger partial charge in [0.15, 0.2) is 0 Å². The molecule has 0 aliphatic heterocycles. The standard InChI is InChI=1S/C20H24N2O3SSe/c21-17(20(24)25)14-26-27-18-12-5-4-11-16(18)19(23)22-13-7-6-10-15-8-2-1-3-9-15/h1-5,8-9,11-12,17H,6-7,10,13-14,21H2,(H,22,23)(H,24,25)/t17-/m0/s1. The fourth-order valence-corrected chi connectivity index (χ4v) is 6.56. The van der Waals surface area contributed by atoms with E-state index in [-0.39, 0.29) is 19.7 Å². The molecule has 0 bridgehead atoms. The van der Waals surface area contributed by atoms with Gasteiger partial charge in [0.25, 0.3) is 0 Å². The molecule has 7 heteroatoms. The second kappa shape index (κ2) is 11.8. The fraction of sp³-hybridized carbons (Fsp3) is 0.300. The molecular formula is C20H24N2O3SSe. The molecule has 5 nitrogen and oxygen atoms in total. The maximum atomic E-state index is 12.5. The molecule has 2 aromatic rings. The average molecular weight is 451 g/mol. The second-order valence-corrected chi connectivity index (χ2v) is 10.2. The predicted octanol–water partition coefficient (Wildman–Crippen LogP) is 1.83. The van der Waals surface area contributed by atoms with E-state index >= 15 is 0 Å². The molecule has 2 aromatic carbocycles. The van der Waals surface area contributed by atoms with Crippen LogP contribution in [0.25, 0.3) is 0 Å². The van der Waals surface area contributed by atoms with Crippen molar-refractivity contribution < 1.29 is 14.7 Å². The Morgan fingerprint density at radius 2 is 1.78 bits per heavy atom. The van der Waals surface area contributed by atoms with Crippen molar-refractivity contribution in [3.8, 4) is 0 Å². The first kappa shape index (κ1) is 21.5. The fourth-order valence-electron chi connectivity index (χ4n) is 2.36. The Balaban J connectivity index is 1.76. The molecule has 27 heavy (non-hydrogen) atoms. The van der Waals surface area contributed by atoms with Crippen LogP contribution in [0.1, 0.15) is 28.8 Å². The van der Waals surface area contributed by atoms with E-state index in [2.05, 4.69) is 17.4 Å². The maximum absolute atomic E-state index is 12.5. The van der Waals surface area contributed by atoms with Gasteiger partial charge >= 0.3 is 169 Å². The average Bonchev–Trinajstić information content (AvgIpc) is 2.68. The normalized spacial score (nSPS) is 11.7. The van der Waals surface area contributed by atoms with Gasteiger partial charge in [0.05, 0.1) is 0 Å². The Morgan fingerprint density at radius 1 is 1.07 bits per heavy atom. The summed E-state index contributed by atoms with van der Waals surface area (Å²) < 4.78 is 0.953. The number of carboxylic acid groups (broad SMARTS) is 1. The number of benzene rings is 2. The van der Waals surface area contributed by atoms with Gasteiger partial charge < -0.3 is 0 Å². The van der Waals surface area contributed by atoms with E-state index in [4.69, 9.17) is 10.8 Å². The summed E-state index contributed by atoms with van der Waals surface area (Å²) in [5.74, 6) is -0.736. The van der Waals surface area contributed by atoms with Crippen LogP contribution in [-0.4, -0.2) is 49.2 Å². The summed E-state index contributed by atoms with van der Waals surface area (Å²) in [6, 6.07) is 16.9. The summed E-state index contributed by atoms with van der Waals surface area (Å²) in [5.41, 5.74) is 7.50. The first-order valence-electron chi connectivity index (χ1n) is 8.77. The molecule has 1 amide bonds. The molecule has 0 aliphatic rings. The van der Waals surface area contributed by atoms with Crippen LogP contribution in [0, 0.1) is 0 Å². The molecule has 0 radical (unpaired) electrons. The Hall–Kier alpha value is -1.79. The summed E-state index contributed by atoms with van der Waals surface area (Å²) in [5, 5.41) is 11.8. The molecule has 0 spiro atoms. The molecule has 0 saturated heterocycles. The van der Waals surface area contributed by atoms with E-state index in [0.29, 0.717) is 17.9 Å². The second-order valence-electron chi connectivity index (χ2n) is 6.01. The number of amides is 1. The third-order valence-electron chi connectivity index (χ3n) is 3.87. The number of rotatable bonds is 11. The van der Waals surface area contributed by atoms with E-state index in [1.54, 1.807) is 0 Å². The number of unbranched alkanes of at least 4 members (excludes halogenated alkanes) is 1. The molecule has 0 aromatic heterocycles. The van der Waals surface area contributed by atoms with E-state index < -0.39 is 12.0 Å². The number of hydrogen-bond acceptors (Lipinski definition) is 4. The molecule has 0 fully saturated rings. The van der Waals surface area contributed by atoms with E-state index in [1.807, 2.05) is 42.5 Å². The van der Waals surface area contributed by atoms with Crippen LogP contribution in [0.4, 0.5) is 0 Å². The summed E-state index contributed by atoms with van der Waals surface area (Å²) in [6.07, 6.45) is 2.96. The van der Waals surface area contributed by atoms with Crippen LogP contribution in [0.2, 0.25) is 0 Å². The zero-order chi connectivity index (χ0) is 19.5. The minimum atomic E-state index is -1.00. The van der Waals surface area contributed by atoms with Crippen molar-refractivity contribution in [3.63, 3.8) is 0 Å². The Morgan fingerprint density at radius 3 is 2.52 bits per heavy atom. The van der Waals surface area contributed by atoms with Crippen molar-refractivity contribution in [3.05, 3.63) is 65.7 Å². The van der Waals surface area contributed by atoms with Crippen molar-refractivity contribution in [2.45, 2.75) is 25.3 Å². The molecule has 2 rings (SSSR count). The molecule has 0 aliphatic carbocycles. The van der Waals surface area contributed by atoms with Crippen LogP contribution in [0.15, 0.2) is 54.6 Å². The molecule has 4 N–H and O–H groups in total. The number of aliphatic carboxylic acids is 1. The van der Waals surface area contributed by atoms with Gasteiger partial charge in [-0.3, -0.25) is 0 Å². The Bertz CT molecular complexity index is 743. The molecule has 144 valence electrons. The van der Waals surface area contributed by atoms with E-state index in [9.17, 15) is 9.59 Å². The summed E-state index contributed by atoms with van der Waals surface area (Å²) >= 11 is -0.0612. The van der Waals surface area contributed by atoms with Gasteiger partial charge in [-0.1, -0.05) is 0 Å². The number of aryl methyl sites for hydroxylation is 1. The number of nitrogens with two attached hydrogens (primary N) is 1. The Kier molecular flexibility index (Phi) is 9.42. The molecular weight excluding hydrogens is 427 g/mol. The SMILES string of the molecule is N[C@@H](CS[Se]c1ccccc1C(=O)NCCCCc1ccccc1)C(=O)O. The molecule has 1 atom stereocenters. The molecule has 0 unspecified atom stereocenters. The summed E-state index contributed by atoms with van der Waals surface area (Å²) in [6.45, 7) is 0.643. The monoisotopic (exact) mass is 452 g/mol.